The van der Waals surface area contributed by atoms with Gasteiger partial charge in [-0.2, -0.15) is 0 Å². The summed E-state index contributed by atoms with van der Waals surface area (Å²) < 4.78 is 5.08. The number of aromatic nitrogens is 1. The molecule has 1 aromatic heterocycles. The van der Waals surface area contributed by atoms with Crippen LogP contribution < -0.4 is 15.4 Å². The molecule has 1 aliphatic carbocycles. The Morgan fingerprint density at radius 2 is 2.25 bits per heavy atom. The van der Waals surface area contributed by atoms with Gasteiger partial charge in [-0.3, -0.25) is 0 Å². The second-order valence-corrected chi connectivity index (χ2v) is 5.49. The highest BCUT2D eigenvalue weighted by atomic mass is 16.5. The summed E-state index contributed by atoms with van der Waals surface area (Å²) in [7, 11) is 3.37. The van der Waals surface area contributed by atoms with Crippen LogP contribution in [0.4, 0.5) is 4.79 Å². The number of hydrogen-bond acceptors (Lipinski definition) is 4. The van der Waals surface area contributed by atoms with Crippen molar-refractivity contribution in [1.29, 1.82) is 0 Å². The van der Waals surface area contributed by atoms with Gasteiger partial charge in [-0.25, -0.2) is 9.78 Å². The van der Waals surface area contributed by atoms with Crippen LogP contribution in [0.1, 0.15) is 5.69 Å². The number of fused-ring (bicyclic) bond motifs is 1. The summed E-state index contributed by atoms with van der Waals surface area (Å²) in [5, 5.41) is 6.41. The van der Waals surface area contributed by atoms with Crippen LogP contribution in [0.15, 0.2) is 18.2 Å². The van der Waals surface area contributed by atoms with Crippen molar-refractivity contribution in [3.8, 4) is 5.88 Å². The van der Waals surface area contributed by atoms with Crippen molar-refractivity contribution in [2.75, 3.05) is 27.2 Å². The van der Waals surface area contributed by atoms with Crippen LogP contribution in [0.3, 0.4) is 0 Å². The SMILES string of the molecule is COc1cccc(CN(C)C(=O)NC2[C@H]3CNC[C@@H]23)n1. The van der Waals surface area contributed by atoms with Crippen LogP contribution in [0.5, 0.6) is 5.88 Å². The van der Waals surface area contributed by atoms with E-state index in [4.69, 9.17) is 4.74 Å². The Morgan fingerprint density at radius 1 is 1.50 bits per heavy atom. The Bertz CT molecular complexity index is 498. The van der Waals surface area contributed by atoms with Gasteiger partial charge in [0.1, 0.15) is 0 Å². The predicted molar refractivity (Wildman–Crippen MR) is 74.4 cm³/mol. The molecular weight excluding hydrogens is 256 g/mol. The first-order chi connectivity index (χ1) is 9.69. The molecule has 0 bridgehead atoms. The normalized spacial score (nSPS) is 26.8. The number of carbonyl (C=O) groups excluding carboxylic acids is 1. The Balaban J connectivity index is 1.53. The first kappa shape index (κ1) is 13.2. The van der Waals surface area contributed by atoms with E-state index in [2.05, 4.69) is 15.6 Å². The van der Waals surface area contributed by atoms with Gasteiger partial charge in [0.05, 0.1) is 19.3 Å². The maximum absolute atomic E-state index is 12.1. The van der Waals surface area contributed by atoms with Gasteiger partial charge in [0.2, 0.25) is 5.88 Å². The van der Waals surface area contributed by atoms with E-state index < -0.39 is 0 Å². The van der Waals surface area contributed by atoms with Crippen molar-refractivity contribution in [2.45, 2.75) is 12.6 Å². The molecule has 2 aliphatic rings. The number of ether oxygens (including phenoxy) is 1. The largest absolute Gasteiger partial charge is 0.481 e. The fourth-order valence-electron chi connectivity index (χ4n) is 2.86. The number of nitrogens with one attached hydrogen (secondary N) is 2. The number of amides is 2. The van der Waals surface area contributed by atoms with Crippen molar-refractivity contribution in [2.24, 2.45) is 11.8 Å². The number of carbonyl (C=O) groups is 1. The number of piperidine rings is 1. The summed E-state index contributed by atoms with van der Waals surface area (Å²) in [6.45, 7) is 2.52. The lowest BCUT2D eigenvalue weighted by atomic mass is 10.3. The summed E-state index contributed by atoms with van der Waals surface area (Å²) in [5.74, 6) is 1.82. The summed E-state index contributed by atoms with van der Waals surface area (Å²) in [5.41, 5.74) is 0.819. The molecule has 6 nitrogen and oxygen atoms in total. The van der Waals surface area contributed by atoms with Crippen LogP contribution in [-0.4, -0.2) is 49.2 Å². The van der Waals surface area contributed by atoms with Gasteiger partial charge in [-0.15, -0.1) is 0 Å². The molecule has 1 aliphatic heterocycles. The first-order valence-corrected chi connectivity index (χ1v) is 6.91. The third-order valence-corrected chi connectivity index (χ3v) is 4.12. The van der Waals surface area contributed by atoms with Crippen LogP contribution in [-0.2, 0) is 6.54 Å². The lowest BCUT2D eigenvalue weighted by Crippen LogP contribution is -2.40. The zero-order valence-electron chi connectivity index (χ0n) is 11.8. The molecule has 3 atom stereocenters. The number of hydrogen-bond donors (Lipinski definition) is 2. The molecule has 108 valence electrons. The fraction of sp³-hybridized carbons (Fsp3) is 0.571. The number of pyridine rings is 1. The molecule has 0 radical (unpaired) electrons. The molecule has 3 rings (SSSR count). The van der Waals surface area contributed by atoms with Gasteiger partial charge in [0, 0.05) is 32.2 Å². The second-order valence-electron chi connectivity index (χ2n) is 5.49. The number of nitrogens with zero attached hydrogens (tertiary/aromatic N) is 2. The van der Waals surface area contributed by atoms with Gasteiger partial charge < -0.3 is 20.3 Å². The lowest BCUT2D eigenvalue weighted by molar-refractivity contribution is 0.204. The van der Waals surface area contributed by atoms with Gasteiger partial charge in [-0.05, 0) is 17.9 Å². The molecule has 2 fully saturated rings. The molecule has 2 N–H and O–H groups in total. The van der Waals surface area contributed by atoms with Crippen LogP contribution in [0, 0.1) is 11.8 Å². The Hall–Kier alpha value is -1.82. The summed E-state index contributed by atoms with van der Waals surface area (Å²) >= 11 is 0. The molecule has 1 unspecified atom stereocenters. The third kappa shape index (κ3) is 2.56. The smallest absolute Gasteiger partial charge is 0.317 e. The predicted octanol–water partition coefficient (Wildman–Crippen LogP) is 0.449. The molecular formula is C14H20N4O2. The Kier molecular flexibility index (Phi) is 3.48. The van der Waals surface area contributed by atoms with Crippen LogP contribution in [0.25, 0.3) is 0 Å². The summed E-state index contributed by atoms with van der Waals surface area (Å²) in [4.78, 5) is 18.1. The van der Waals surface area contributed by atoms with E-state index in [0.29, 0.717) is 30.3 Å². The molecule has 0 aromatic carbocycles. The topological polar surface area (TPSA) is 66.5 Å². The highest BCUT2D eigenvalue weighted by molar-refractivity contribution is 5.74. The van der Waals surface area contributed by atoms with Crippen molar-refractivity contribution in [3.63, 3.8) is 0 Å². The minimum atomic E-state index is -0.0333. The van der Waals surface area contributed by atoms with Gasteiger partial charge in [-0.1, -0.05) is 6.07 Å². The van der Waals surface area contributed by atoms with E-state index in [1.807, 2.05) is 12.1 Å². The number of urea groups is 1. The zero-order valence-corrected chi connectivity index (χ0v) is 11.8. The molecule has 20 heavy (non-hydrogen) atoms. The van der Waals surface area contributed by atoms with Crippen molar-refractivity contribution in [3.05, 3.63) is 23.9 Å². The standard InChI is InChI=1S/C14H20N4O2/c1-18(8-9-4-3-5-12(16-9)20-2)14(19)17-13-10-6-15-7-11(10)13/h3-5,10-11,13,15H,6-8H2,1-2H3,(H,17,19)/t10-,11+,13?. The monoisotopic (exact) mass is 276 g/mol. The highest BCUT2D eigenvalue weighted by Gasteiger charge is 2.53. The molecule has 1 aromatic rings. The van der Waals surface area contributed by atoms with Gasteiger partial charge >= 0.3 is 6.03 Å². The average molecular weight is 276 g/mol. The molecule has 0 spiro atoms. The van der Waals surface area contributed by atoms with Gasteiger partial charge in [0.25, 0.3) is 0 Å². The van der Waals surface area contributed by atoms with E-state index in [1.54, 1.807) is 25.1 Å². The fourth-order valence-corrected chi connectivity index (χ4v) is 2.86. The molecule has 1 saturated carbocycles. The zero-order chi connectivity index (χ0) is 14.1. The van der Waals surface area contributed by atoms with Crippen LogP contribution in [0.2, 0.25) is 0 Å². The van der Waals surface area contributed by atoms with Gasteiger partial charge in [0.15, 0.2) is 0 Å². The Morgan fingerprint density at radius 3 is 2.95 bits per heavy atom. The first-order valence-electron chi connectivity index (χ1n) is 6.91. The summed E-state index contributed by atoms with van der Waals surface area (Å²) in [6, 6.07) is 5.88. The van der Waals surface area contributed by atoms with E-state index in [9.17, 15) is 4.79 Å². The summed E-state index contributed by atoms with van der Waals surface area (Å²) in [6.07, 6.45) is 0. The minimum Gasteiger partial charge on any atom is -0.481 e. The number of rotatable bonds is 4. The highest BCUT2D eigenvalue weighted by Crippen LogP contribution is 2.41. The average Bonchev–Trinajstić information content (AvgIpc) is 2.88. The van der Waals surface area contributed by atoms with Crippen molar-refractivity contribution in [1.82, 2.24) is 20.5 Å². The van der Waals surface area contributed by atoms with E-state index in [1.165, 1.54) is 0 Å². The van der Waals surface area contributed by atoms with E-state index in [0.717, 1.165) is 18.8 Å². The van der Waals surface area contributed by atoms with E-state index >= 15 is 0 Å². The van der Waals surface area contributed by atoms with Crippen molar-refractivity contribution < 1.29 is 9.53 Å². The maximum Gasteiger partial charge on any atom is 0.317 e. The van der Waals surface area contributed by atoms with E-state index in [-0.39, 0.29) is 6.03 Å². The molecule has 6 heteroatoms. The quantitative estimate of drug-likeness (QED) is 0.838. The third-order valence-electron chi connectivity index (χ3n) is 4.12. The molecule has 2 amide bonds. The lowest BCUT2D eigenvalue weighted by Gasteiger charge is -2.18. The van der Waals surface area contributed by atoms with Crippen LogP contribution >= 0.6 is 0 Å². The maximum atomic E-state index is 12.1. The number of methoxy groups -OCH3 is 1. The molecule has 1 saturated heterocycles. The minimum absolute atomic E-state index is 0.0333. The van der Waals surface area contributed by atoms with Crippen molar-refractivity contribution >= 4 is 6.03 Å². The molecule has 2 heterocycles. The second kappa shape index (κ2) is 5.28. The Labute approximate surface area is 118 Å².